The molecule has 0 aliphatic heterocycles. The third-order valence-electron chi connectivity index (χ3n) is 2.05. The van der Waals surface area contributed by atoms with Crippen LogP contribution in [-0.4, -0.2) is 23.9 Å². The summed E-state index contributed by atoms with van der Waals surface area (Å²) in [6.45, 7) is 3.73. The van der Waals surface area contributed by atoms with E-state index in [2.05, 4.69) is 5.16 Å². The number of rotatable bonds is 6. The standard InChI is InChI=1S/C11H15ClNO4P/c1-3-16-18(15,17-4-2)11(13-14)9-5-7-10(12)8-6-9/h5-8,14H,3-4H2,1-2H3/b13-11+. The highest BCUT2D eigenvalue weighted by Gasteiger charge is 2.33. The van der Waals surface area contributed by atoms with Crippen LogP contribution in [0.4, 0.5) is 0 Å². The molecule has 0 atom stereocenters. The van der Waals surface area contributed by atoms with Crippen LogP contribution in [0.1, 0.15) is 19.4 Å². The van der Waals surface area contributed by atoms with Gasteiger partial charge in [0, 0.05) is 10.6 Å². The Morgan fingerprint density at radius 1 is 1.28 bits per heavy atom. The summed E-state index contributed by atoms with van der Waals surface area (Å²) in [5.41, 5.74) is 0.315. The Labute approximate surface area is 111 Å². The van der Waals surface area contributed by atoms with E-state index in [4.69, 9.17) is 25.9 Å². The smallest absolute Gasteiger partial charge is 0.383 e. The van der Waals surface area contributed by atoms with Gasteiger partial charge in [0.15, 0.2) is 5.45 Å². The van der Waals surface area contributed by atoms with Gasteiger partial charge < -0.3 is 14.3 Å². The highest BCUT2D eigenvalue weighted by molar-refractivity contribution is 7.73. The molecule has 1 aromatic rings. The molecule has 5 nitrogen and oxygen atoms in total. The van der Waals surface area contributed by atoms with Crippen LogP contribution >= 0.6 is 19.2 Å². The number of nitrogens with zero attached hydrogens (tertiary/aromatic N) is 1. The Morgan fingerprint density at radius 3 is 2.17 bits per heavy atom. The second-order valence-corrected chi connectivity index (χ2v) is 5.63. The van der Waals surface area contributed by atoms with Crippen molar-refractivity contribution in [1.82, 2.24) is 0 Å². The lowest BCUT2D eigenvalue weighted by atomic mass is 10.2. The highest BCUT2D eigenvalue weighted by atomic mass is 35.5. The quantitative estimate of drug-likeness (QED) is 0.375. The molecule has 7 heteroatoms. The zero-order chi connectivity index (χ0) is 13.6. The first-order valence-corrected chi connectivity index (χ1v) is 7.37. The molecule has 0 bridgehead atoms. The Kier molecular flexibility index (Phi) is 5.82. The Morgan fingerprint density at radius 2 is 1.78 bits per heavy atom. The molecule has 18 heavy (non-hydrogen) atoms. The van der Waals surface area contributed by atoms with Crippen molar-refractivity contribution in [1.29, 1.82) is 0 Å². The van der Waals surface area contributed by atoms with Gasteiger partial charge in [-0.2, -0.15) is 0 Å². The summed E-state index contributed by atoms with van der Waals surface area (Å²) >= 11 is 5.76. The molecule has 0 unspecified atom stereocenters. The zero-order valence-electron chi connectivity index (χ0n) is 10.2. The molecule has 0 saturated carbocycles. The lowest BCUT2D eigenvalue weighted by molar-refractivity contribution is 0.230. The number of oxime groups is 1. The molecule has 1 aromatic carbocycles. The second kappa shape index (κ2) is 6.90. The van der Waals surface area contributed by atoms with Crippen LogP contribution in [0.2, 0.25) is 5.02 Å². The maximum Gasteiger partial charge on any atom is 0.383 e. The summed E-state index contributed by atoms with van der Waals surface area (Å²) in [5, 5.41) is 12.6. The summed E-state index contributed by atoms with van der Waals surface area (Å²) in [7, 11) is -3.61. The summed E-state index contributed by atoms with van der Waals surface area (Å²) in [5.74, 6) is 0. The van der Waals surface area contributed by atoms with Crippen molar-refractivity contribution in [2.75, 3.05) is 13.2 Å². The van der Waals surface area contributed by atoms with Crippen LogP contribution in [0, 0.1) is 0 Å². The van der Waals surface area contributed by atoms with Crippen LogP contribution in [0.3, 0.4) is 0 Å². The summed E-state index contributed by atoms with van der Waals surface area (Å²) in [6.07, 6.45) is 0. The fourth-order valence-corrected chi connectivity index (χ4v) is 3.07. The monoisotopic (exact) mass is 291 g/mol. The van der Waals surface area contributed by atoms with Crippen LogP contribution in [-0.2, 0) is 13.6 Å². The van der Waals surface area contributed by atoms with E-state index in [0.29, 0.717) is 10.6 Å². The molecule has 0 fully saturated rings. The first-order chi connectivity index (χ1) is 8.57. The first kappa shape index (κ1) is 15.2. The van der Waals surface area contributed by atoms with Gasteiger partial charge in [0.25, 0.3) is 0 Å². The van der Waals surface area contributed by atoms with Gasteiger partial charge in [-0.15, -0.1) is 0 Å². The van der Waals surface area contributed by atoms with Gasteiger partial charge in [-0.1, -0.05) is 28.9 Å². The molecule has 0 spiro atoms. The normalized spacial score (nSPS) is 12.7. The van der Waals surface area contributed by atoms with Crippen molar-refractivity contribution < 1.29 is 18.8 Å². The Bertz CT molecular complexity index is 451. The van der Waals surface area contributed by atoms with Crippen molar-refractivity contribution in [3.05, 3.63) is 34.9 Å². The predicted molar refractivity (Wildman–Crippen MR) is 70.6 cm³/mol. The molecular weight excluding hydrogens is 277 g/mol. The van der Waals surface area contributed by atoms with E-state index in [1.54, 1.807) is 38.1 Å². The first-order valence-electron chi connectivity index (χ1n) is 5.45. The lowest BCUT2D eigenvalue weighted by Gasteiger charge is -2.17. The van der Waals surface area contributed by atoms with Gasteiger partial charge >= 0.3 is 7.60 Å². The number of hydrogen-bond acceptors (Lipinski definition) is 5. The van der Waals surface area contributed by atoms with Gasteiger partial charge in [0.05, 0.1) is 13.2 Å². The molecule has 0 radical (unpaired) electrons. The second-order valence-electron chi connectivity index (χ2n) is 3.26. The topological polar surface area (TPSA) is 68.1 Å². The van der Waals surface area contributed by atoms with E-state index < -0.39 is 7.60 Å². The van der Waals surface area contributed by atoms with Crippen molar-refractivity contribution >= 4 is 24.6 Å². The predicted octanol–water partition coefficient (Wildman–Crippen LogP) is 3.74. The van der Waals surface area contributed by atoms with Crippen LogP contribution in [0.5, 0.6) is 0 Å². The molecule has 0 amide bonds. The fourth-order valence-electron chi connectivity index (χ4n) is 1.37. The molecule has 0 aliphatic rings. The molecular formula is C11H15ClNO4P. The maximum absolute atomic E-state index is 12.5. The highest BCUT2D eigenvalue weighted by Crippen LogP contribution is 2.51. The molecule has 1 rings (SSSR count). The SMILES string of the molecule is CCOP(=O)(OCC)/C(=N/O)c1ccc(Cl)cc1. The van der Waals surface area contributed by atoms with Crippen LogP contribution in [0.25, 0.3) is 0 Å². The van der Waals surface area contributed by atoms with Crippen molar-refractivity contribution in [3.63, 3.8) is 0 Å². The molecule has 100 valence electrons. The minimum absolute atomic E-state index is 0.122. The average Bonchev–Trinajstić information content (AvgIpc) is 2.33. The van der Waals surface area contributed by atoms with Gasteiger partial charge in [-0.05, 0) is 26.0 Å². The molecule has 0 aromatic heterocycles. The van der Waals surface area contributed by atoms with Crippen molar-refractivity contribution in [2.45, 2.75) is 13.8 Å². The van der Waals surface area contributed by atoms with Gasteiger partial charge in [-0.3, -0.25) is 4.57 Å². The third-order valence-corrected chi connectivity index (χ3v) is 4.37. The van der Waals surface area contributed by atoms with Crippen LogP contribution < -0.4 is 0 Å². The summed E-state index contributed by atoms with van der Waals surface area (Å²) < 4.78 is 22.7. The zero-order valence-corrected chi connectivity index (χ0v) is 11.8. The summed E-state index contributed by atoms with van der Waals surface area (Å²) in [4.78, 5) is 0. The van der Waals surface area contributed by atoms with Crippen molar-refractivity contribution in [3.8, 4) is 0 Å². The maximum atomic E-state index is 12.5. The minimum Gasteiger partial charge on any atom is -0.410 e. The summed E-state index contributed by atoms with van der Waals surface area (Å²) in [6, 6.07) is 6.37. The Hall–Kier alpha value is -0.870. The van der Waals surface area contributed by atoms with Crippen LogP contribution in [0.15, 0.2) is 29.4 Å². The van der Waals surface area contributed by atoms with E-state index in [0.717, 1.165) is 0 Å². The van der Waals surface area contributed by atoms with E-state index >= 15 is 0 Å². The molecule has 0 saturated heterocycles. The molecule has 0 heterocycles. The average molecular weight is 292 g/mol. The Balaban J connectivity index is 3.15. The molecule has 1 N–H and O–H groups in total. The largest absolute Gasteiger partial charge is 0.410 e. The third kappa shape index (κ3) is 3.56. The number of hydrogen-bond donors (Lipinski definition) is 1. The van der Waals surface area contributed by atoms with Crippen molar-refractivity contribution in [2.24, 2.45) is 5.16 Å². The fraction of sp³-hybridized carbons (Fsp3) is 0.364. The van der Waals surface area contributed by atoms with Gasteiger partial charge in [-0.25, -0.2) is 0 Å². The lowest BCUT2D eigenvalue weighted by Crippen LogP contribution is -2.09. The number of halogens is 1. The number of benzene rings is 1. The van der Waals surface area contributed by atoms with E-state index in [9.17, 15) is 4.57 Å². The molecule has 0 aliphatic carbocycles. The van der Waals surface area contributed by atoms with E-state index in [1.807, 2.05) is 0 Å². The van der Waals surface area contributed by atoms with Gasteiger partial charge in [0.1, 0.15) is 0 Å². The minimum atomic E-state index is -3.61. The van der Waals surface area contributed by atoms with E-state index in [1.165, 1.54) is 0 Å². The van der Waals surface area contributed by atoms with E-state index in [-0.39, 0.29) is 18.7 Å². The van der Waals surface area contributed by atoms with Gasteiger partial charge in [0.2, 0.25) is 0 Å².